The average molecular weight is 345 g/mol. The minimum absolute atomic E-state index is 0.104. The lowest BCUT2D eigenvalue weighted by atomic mass is 10.1. The number of nitrogens with one attached hydrogen (secondary N) is 1. The highest BCUT2D eigenvalue weighted by atomic mass is 32.1. The molecule has 0 saturated heterocycles. The maximum Gasteiger partial charge on any atom is 0.261 e. The van der Waals surface area contributed by atoms with Crippen molar-refractivity contribution in [1.82, 2.24) is 5.32 Å². The van der Waals surface area contributed by atoms with Gasteiger partial charge >= 0.3 is 0 Å². The van der Waals surface area contributed by atoms with Gasteiger partial charge in [-0.15, -0.1) is 11.3 Å². The van der Waals surface area contributed by atoms with Crippen LogP contribution in [-0.2, 0) is 12.8 Å². The van der Waals surface area contributed by atoms with Crippen molar-refractivity contribution in [2.45, 2.75) is 45.3 Å². The monoisotopic (exact) mass is 345 g/mol. The smallest absolute Gasteiger partial charge is 0.261 e. The van der Waals surface area contributed by atoms with Crippen LogP contribution in [0.3, 0.4) is 0 Å². The van der Waals surface area contributed by atoms with Gasteiger partial charge in [0.25, 0.3) is 5.91 Å². The van der Waals surface area contributed by atoms with Crippen LogP contribution in [0.4, 0.5) is 0 Å². The van der Waals surface area contributed by atoms with Gasteiger partial charge in [0.2, 0.25) is 0 Å². The number of aryl methyl sites for hydroxylation is 2. The van der Waals surface area contributed by atoms with Crippen LogP contribution in [0.15, 0.2) is 30.3 Å². The second-order valence-corrected chi connectivity index (χ2v) is 7.51. The van der Waals surface area contributed by atoms with Gasteiger partial charge in [-0.1, -0.05) is 12.1 Å². The van der Waals surface area contributed by atoms with Gasteiger partial charge < -0.3 is 15.2 Å². The Hall–Kier alpha value is -1.85. The van der Waals surface area contributed by atoms with Crippen molar-refractivity contribution in [3.63, 3.8) is 0 Å². The second kappa shape index (κ2) is 7.36. The lowest BCUT2D eigenvalue weighted by molar-refractivity contribution is 0.0920. The second-order valence-electron chi connectivity index (χ2n) is 6.37. The van der Waals surface area contributed by atoms with E-state index in [1.807, 2.05) is 44.2 Å². The Morgan fingerprint density at radius 3 is 2.71 bits per heavy atom. The summed E-state index contributed by atoms with van der Waals surface area (Å²) in [6, 6.07) is 9.32. The molecule has 2 N–H and O–H groups in total. The minimum Gasteiger partial charge on any atom is -0.491 e. The Balaban J connectivity index is 1.54. The minimum atomic E-state index is -0.728. The molecule has 24 heavy (non-hydrogen) atoms. The van der Waals surface area contributed by atoms with Crippen LogP contribution >= 0.6 is 11.3 Å². The third-order valence-electron chi connectivity index (χ3n) is 4.06. The van der Waals surface area contributed by atoms with E-state index in [1.165, 1.54) is 16.9 Å². The van der Waals surface area contributed by atoms with E-state index in [1.54, 1.807) is 11.3 Å². The van der Waals surface area contributed by atoms with Gasteiger partial charge in [0.05, 0.1) is 17.1 Å². The molecular formula is C19H23NO3S. The molecule has 5 heteroatoms. The fourth-order valence-electron chi connectivity index (χ4n) is 2.88. The van der Waals surface area contributed by atoms with Crippen LogP contribution < -0.4 is 10.1 Å². The zero-order chi connectivity index (χ0) is 17.1. The summed E-state index contributed by atoms with van der Waals surface area (Å²) in [5.74, 6) is 0.672. The Morgan fingerprint density at radius 1 is 1.29 bits per heavy atom. The third kappa shape index (κ3) is 3.97. The molecule has 4 nitrogen and oxygen atoms in total. The van der Waals surface area contributed by atoms with Crippen LogP contribution in [0, 0.1) is 0 Å². The molecule has 2 aromatic rings. The fourth-order valence-corrected chi connectivity index (χ4v) is 4.05. The SMILES string of the molecule is CC(C)Oc1ccc(C(O)CNC(=O)c2cc3c(s2)CCC3)cc1. The van der Waals surface area contributed by atoms with Gasteiger partial charge in [-0.25, -0.2) is 0 Å². The first-order chi connectivity index (χ1) is 11.5. The largest absolute Gasteiger partial charge is 0.491 e. The van der Waals surface area contributed by atoms with Crippen LogP contribution in [0.1, 0.15) is 52.0 Å². The summed E-state index contributed by atoms with van der Waals surface area (Å²) in [5, 5.41) is 13.1. The molecule has 128 valence electrons. The predicted octanol–water partition coefficient (Wildman–Crippen LogP) is 3.49. The van der Waals surface area contributed by atoms with Gasteiger partial charge in [0.1, 0.15) is 5.75 Å². The predicted molar refractivity (Wildman–Crippen MR) is 95.8 cm³/mol. The Labute approximate surface area is 146 Å². The summed E-state index contributed by atoms with van der Waals surface area (Å²) >= 11 is 1.57. The first-order valence-electron chi connectivity index (χ1n) is 8.37. The number of hydrogen-bond donors (Lipinski definition) is 2. The van der Waals surface area contributed by atoms with E-state index in [0.717, 1.165) is 29.0 Å². The lowest BCUT2D eigenvalue weighted by Crippen LogP contribution is -2.27. The number of rotatable bonds is 6. The van der Waals surface area contributed by atoms with Crippen molar-refractivity contribution in [2.75, 3.05) is 6.54 Å². The van der Waals surface area contributed by atoms with Gasteiger partial charge in [-0.3, -0.25) is 4.79 Å². The summed E-state index contributed by atoms with van der Waals surface area (Å²) < 4.78 is 5.58. The van der Waals surface area contributed by atoms with Crippen molar-refractivity contribution in [3.8, 4) is 5.75 Å². The highest BCUT2D eigenvalue weighted by Gasteiger charge is 2.19. The number of ether oxygens (including phenoxy) is 1. The Morgan fingerprint density at radius 2 is 2.04 bits per heavy atom. The van der Waals surface area contributed by atoms with Crippen LogP contribution in [-0.4, -0.2) is 23.7 Å². The summed E-state index contributed by atoms with van der Waals surface area (Å²) in [6.45, 7) is 4.14. The topological polar surface area (TPSA) is 58.6 Å². The number of thiophene rings is 1. The van der Waals surface area contributed by atoms with E-state index in [0.29, 0.717) is 0 Å². The quantitative estimate of drug-likeness (QED) is 0.842. The molecular weight excluding hydrogens is 322 g/mol. The molecule has 1 aromatic heterocycles. The van der Waals surface area contributed by atoms with Gasteiger partial charge in [-0.05, 0) is 62.4 Å². The number of aliphatic hydroxyl groups excluding tert-OH is 1. The molecule has 0 radical (unpaired) electrons. The van der Waals surface area contributed by atoms with Gasteiger partial charge in [0, 0.05) is 11.4 Å². The average Bonchev–Trinajstić information content (AvgIpc) is 3.14. The molecule has 1 aliphatic carbocycles. The highest BCUT2D eigenvalue weighted by molar-refractivity contribution is 7.14. The first-order valence-corrected chi connectivity index (χ1v) is 9.19. The van der Waals surface area contributed by atoms with E-state index < -0.39 is 6.10 Å². The maximum absolute atomic E-state index is 12.2. The van der Waals surface area contributed by atoms with E-state index in [2.05, 4.69) is 5.32 Å². The first kappa shape index (κ1) is 17.0. The Bertz CT molecular complexity index is 684. The molecule has 1 aliphatic rings. The van der Waals surface area contributed by atoms with Crippen LogP contribution in [0.5, 0.6) is 5.75 Å². The highest BCUT2D eigenvalue weighted by Crippen LogP contribution is 2.30. The number of amides is 1. The van der Waals surface area contributed by atoms with Crippen LogP contribution in [0.25, 0.3) is 0 Å². The Kier molecular flexibility index (Phi) is 5.21. The zero-order valence-corrected chi connectivity index (χ0v) is 14.9. The maximum atomic E-state index is 12.2. The molecule has 1 aromatic carbocycles. The summed E-state index contributed by atoms with van der Waals surface area (Å²) in [7, 11) is 0. The number of carbonyl (C=O) groups excluding carboxylic acids is 1. The molecule has 1 atom stereocenters. The van der Waals surface area contributed by atoms with E-state index in [9.17, 15) is 9.90 Å². The molecule has 1 unspecified atom stereocenters. The van der Waals surface area contributed by atoms with Crippen molar-refractivity contribution >= 4 is 17.2 Å². The molecule has 1 heterocycles. The standard InChI is InChI=1S/C19H23NO3S/c1-12(2)23-15-8-6-13(7-9-15)16(21)11-20-19(22)18-10-14-4-3-5-17(14)24-18/h6-10,12,16,21H,3-5,11H2,1-2H3,(H,20,22). The van der Waals surface area contributed by atoms with Gasteiger partial charge in [0.15, 0.2) is 0 Å². The number of hydrogen-bond acceptors (Lipinski definition) is 4. The summed E-state index contributed by atoms with van der Waals surface area (Å²) in [5.41, 5.74) is 2.08. The molecule has 0 bridgehead atoms. The van der Waals surface area contributed by atoms with Crippen molar-refractivity contribution in [3.05, 3.63) is 51.2 Å². The molecule has 0 spiro atoms. The molecule has 0 fully saturated rings. The van der Waals surface area contributed by atoms with E-state index >= 15 is 0 Å². The molecule has 0 saturated carbocycles. The molecule has 0 aliphatic heterocycles. The summed E-state index contributed by atoms with van der Waals surface area (Å²) in [4.78, 5) is 14.3. The number of aliphatic hydroxyl groups is 1. The summed E-state index contributed by atoms with van der Waals surface area (Å²) in [6.07, 6.45) is 2.74. The number of fused-ring (bicyclic) bond motifs is 1. The normalized spacial score (nSPS) is 14.5. The lowest BCUT2D eigenvalue weighted by Gasteiger charge is -2.14. The van der Waals surface area contributed by atoms with Gasteiger partial charge in [-0.2, -0.15) is 0 Å². The van der Waals surface area contributed by atoms with E-state index in [-0.39, 0.29) is 18.6 Å². The third-order valence-corrected chi connectivity index (χ3v) is 5.30. The fraction of sp³-hybridized carbons (Fsp3) is 0.421. The van der Waals surface area contributed by atoms with E-state index in [4.69, 9.17) is 4.74 Å². The zero-order valence-electron chi connectivity index (χ0n) is 14.0. The van der Waals surface area contributed by atoms with Crippen molar-refractivity contribution in [1.29, 1.82) is 0 Å². The molecule has 3 rings (SSSR count). The van der Waals surface area contributed by atoms with Crippen molar-refractivity contribution in [2.24, 2.45) is 0 Å². The molecule has 1 amide bonds. The number of benzene rings is 1. The van der Waals surface area contributed by atoms with Crippen LogP contribution in [0.2, 0.25) is 0 Å². The van der Waals surface area contributed by atoms with Crippen molar-refractivity contribution < 1.29 is 14.6 Å². The number of carbonyl (C=O) groups is 1.